The Hall–Kier alpha value is -1.22. The van der Waals surface area contributed by atoms with Crippen molar-refractivity contribution in [3.05, 3.63) is 33.3 Å². The SMILES string of the molecule is CCC(CC)(CN)NS(=O)(=O)c1ccc([N+](=O)[O-])cc1Cl. The maximum Gasteiger partial charge on any atom is 0.271 e. The highest BCUT2D eigenvalue weighted by atomic mass is 35.5. The Morgan fingerprint density at radius 3 is 2.33 bits per heavy atom. The molecule has 3 N–H and O–H groups in total. The Morgan fingerprint density at radius 1 is 1.38 bits per heavy atom. The van der Waals surface area contributed by atoms with Crippen LogP contribution in [0.25, 0.3) is 0 Å². The molecule has 0 amide bonds. The van der Waals surface area contributed by atoms with Crippen LogP contribution in [0.3, 0.4) is 0 Å². The van der Waals surface area contributed by atoms with Crippen LogP contribution in [0.2, 0.25) is 5.02 Å². The fraction of sp³-hybridized carbons (Fsp3) is 0.500. The Kier molecular flexibility index (Phi) is 5.68. The van der Waals surface area contributed by atoms with Gasteiger partial charge in [0.2, 0.25) is 10.0 Å². The van der Waals surface area contributed by atoms with Gasteiger partial charge in [-0.15, -0.1) is 0 Å². The highest BCUT2D eigenvalue weighted by Gasteiger charge is 2.32. The van der Waals surface area contributed by atoms with Crippen molar-refractivity contribution < 1.29 is 13.3 Å². The van der Waals surface area contributed by atoms with Crippen molar-refractivity contribution in [1.29, 1.82) is 0 Å². The molecule has 118 valence electrons. The van der Waals surface area contributed by atoms with E-state index in [4.69, 9.17) is 17.3 Å². The molecule has 0 unspecified atom stereocenters. The predicted octanol–water partition coefficient (Wildman–Crippen LogP) is 2.04. The van der Waals surface area contributed by atoms with Crippen molar-refractivity contribution in [1.82, 2.24) is 4.72 Å². The minimum absolute atomic E-state index is 0.143. The summed E-state index contributed by atoms with van der Waals surface area (Å²) < 4.78 is 27.4. The summed E-state index contributed by atoms with van der Waals surface area (Å²) >= 11 is 5.86. The molecule has 0 saturated heterocycles. The number of halogens is 1. The zero-order valence-electron chi connectivity index (χ0n) is 11.8. The van der Waals surface area contributed by atoms with E-state index >= 15 is 0 Å². The Bertz CT molecular complexity index is 621. The lowest BCUT2D eigenvalue weighted by Crippen LogP contribution is -2.52. The molecule has 7 nitrogen and oxygen atoms in total. The number of nitrogens with two attached hydrogens (primary N) is 1. The molecule has 0 spiro atoms. The highest BCUT2D eigenvalue weighted by molar-refractivity contribution is 7.89. The predicted molar refractivity (Wildman–Crippen MR) is 80.8 cm³/mol. The van der Waals surface area contributed by atoms with E-state index in [1.54, 1.807) is 0 Å². The number of nitrogens with one attached hydrogen (secondary N) is 1. The molecule has 9 heteroatoms. The normalized spacial score (nSPS) is 12.4. The summed E-state index contributed by atoms with van der Waals surface area (Å²) in [7, 11) is -3.91. The Morgan fingerprint density at radius 2 is 1.95 bits per heavy atom. The molecule has 0 aliphatic heterocycles. The number of benzene rings is 1. The minimum atomic E-state index is -3.91. The Balaban J connectivity index is 3.23. The Labute approximate surface area is 128 Å². The zero-order valence-corrected chi connectivity index (χ0v) is 13.4. The van der Waals surface area contributed by atoms with Crippen molar-refractivity contribution in [2.45, 2.75) is 37.1 Å². The van der Waals surface area contributed by atoms with Gasteiger partial charge in [-0.2, -0.15) is 0 Å². The van der Waals surface area contributed by atoms with E-state index in [1.807, 2.05) is 13.8 Å². The minimum Gasteiger partial charge on any atom is -0.329 e. The molecule has 0 aromatic heterocycles. The zero-order chi connectivity index (χ0) is 16.3. The lowest BCUT2D eigenvalue weighted by atomic mass is 9.95. The molecular formula is C12H18ClN3O4S. The van der Waals surface area contributed by atoms with E-state index in [0.717, 1.165) is 18.2 Å². The molecule has 0 bridgehead atoms. The fourth-order valence-electron chi connectivity index (χ4n) is 1.89. The number of non-ortho nitro benzene ring substituents is 1. The molecule has 1 aromatic carbocycles. The molecule has 0 fully saturated rings. The van der Waals surface area contributed by atoms with Gasteiger partial charge in [-0.3, -0.25) is 10.1 Å². The lowest BCUT2D eigenvalue weighted by molar-refractivity contribution is -0.384. The second-order valence-corrected chi connectivity index (χ2v) is 6.73. The summed E-state index contributed by atoms with van der Waals surface area (Å²) in [5, 5.41) is 10.4. The van der Waals surface area contributed by atoms with Crippen molar-refractivity contribution in [3.63, 3.8) is 0 Å². The monoisotopic (exact) mass is 335 g/mol. The van der Waals surface area contributed by atoms with E-state index in [-0.39, 0.29) is 22.2 Å². The van der Waals surface area contributed by atoms with E-state index in [9.17, 15) is 18.5 Å². The van der Waals surface area contributed by atoms with Gasteiger partial charge in [0, 0.05) is 24.2 Å². The van der Waals surface area contributed by atoms with Crippen LogP contribution in [0.15, 0.2) is 23.1 Å². The molecule has 0 aliphatic carbocycles. The quantitative estimate of drug-likeness (QED) is 0.584. The average Bonchev–Trinajstić information content (AvgIpc) is 2.44. The first-order valence-corrected chi connectivity index (χ1v) is 8.25. The summed E-state index contributed by atoms with van der Waals surface area (Å²) in [4.78, 5) is 9.81. The van der Waals surface area contributed by atoms with Gasteiger partial charge >= 0.3 is 0 Å². The summed E-state index contributed by atoms with van der Waals surface area (Å²) in [5.74, 6) is 0. The lowest BCUT2D eigenvalue weighted by Gasteiger charge is -2.31. The third-order valence-electron chi connectivity index (χ3n) is 3.51. The fourth-order valence-corrected chi connectivity index (χ4v) is 3.98. The summed E-state index contributed by atoms with van der Waals surface area (Å²) in [6.07, 6.45) is 1.04. The standard InChI is InChI=1S/C12H18ClN3O4S/c1-3-12(4-2,8-14)15-21(19,20)11-6-5-9(16(17)18)7-10(11)13/h5-7,15H,3-4,8,14H2,1-2H3. The number of nitro benzene ring substituents is 1. The molecule has 0 aliphatic rings. The van der Waals surface area contributed by atoms with Gasteiger partial charge in [0.25, 0.3) is 5.69 Å². The van der Waals surface area contributed by atoms with Crippen LogP contribution in [0.4, 0.5) is 5.69 Å². The number of nitrogens with zero attached hydrogens (tertiary/aromatic N) is 1. The van der Waals surface area contributed by atoms with Gasteiger partial charge in [0.15, 0.2) is 0 Å². The molecule has 21 heavy (non-hydrogen) atoms. The molecule has 1 rings (SSSR count). The summed E-state index contributed by atoms with van der Waals surface area (Å²) in [6.45, 7) is 3.80. The number of sulfonamides is 1. The maximum absolute atomic E-state index is 12.4. The van der Waals surface area contributed by atoms with E-state index in [1.165, 1.54) is 0 Å². The summed E-state index contributed by atoms with van der Waals surface area (Å²) in [5.41, 5.74) is 4.64. The summed E-state index contributed by atoms with van der Waals surface area (Å²) in [6, 6.07) is 3.23. The van der Waals surface area contributed by atoms with Crippen molar-refractivity contribution in [2.75, 3.05) is 6.54 Å². The first-order valence-electron chi connectivity index (χ1n) is 6.39. The molecular weight excluding hydrogens is 318 g/mol. The molecule has 0 radical (unpaired) electrons. The number of nitro groups is 1. The maximum atomic E-state index is 12.4. The van der Waals surface area contributed by atoms with Crippen molar-refractivity contribution in [3.8, 4) is 0 Å². The van der Waals surface area contributed by atoms with Crippen LogP contribution in [-0.2, 0) is 10.0 Å². The van der Waals surface area contributed by atoms with Crippen LogP contribution in [0.1, 0.15) is 26.7 Å². The molecule has 0 atom stereocenters. The van der Waals surface area contributed by atoms with Crippen molar-refractivity contribution in [2.24, 2.45) is 5.73 Å². The topological polar surface area (TPSA) is 115 Å². The second-order valence-electron chi connectivity index (χ2n) is 4.67. The van der Waals surface area contributed by atoms with Crippen LogP contribution >= 0.6 is 11.6 Å². The van der Waals surface area contributed by atoms with E-state index < -0.39 is 20.5 Å². The third-order valence-corrected chi connectivity index (χ3v) is 5.57. The third kappa shape index (κ3) is 3.91. The van der Waals surface area contributed by atoms with Gasteiger partial charge in [0.1, 0.15) is 4.90 Å². The molecule has 0 saturated carbocycles. The van der Waals surface area contributed by atoms with Gasteiger partial charge < -0.3 is 5.73 Å². The van der Waals surface area contributed by atoms with E-state index in [0.29, 0.717) is 12.8 Å². The van der Waals surface area contributed by atoms with Crippen LogP contribution in [0, 0.1) is 10.1 Å². The number of hydrogen-bond acceptors (Lipinski definition) is 5. The molecule has 1 aromatic rings. The van der Waals surface area contributed by atoms with Crippen LogP contribution in [0.5, 0.6) is 0 Å². The van der Waals surface area contributed by atoms with Gasteiger partial charge in [-0.25, -0.2) is 13.1 Å². The first-order chi connectivity index (χ1) is 9.71. The second kappa shape index (κ2) is 6.69. The van der Waals surface area contributed by atoms with E-state index in [2.05, 4.69) is 4.72 Å². The highest BCUT2D eigenvalue weighted by Crippen LogP contribution is 2.27. The smallest absolute Gasteiger partial charge is 0.271 e. The van der Waals surface area contributed by atoms with Gasteiger partial charge in [-0.05, 0) is 18.9 Å². The van der Waals surface area contributed by atoms with Gasteiger partial charge in [0.05, 0.1) is 9.95 Å². The van der Waals surface area contributed by atoms with Crippen molar-refractivity contribution >= 4 is 27.3 Å². The van der Waals surface area contributed by atoms with Gasteiger partial charge in [-0.1, -0.05) is 25.4 Å². The largest absolute Gasteiger partial charge is 0.329 e. The first kappa shape index (κ1) is 17.8. The average molecular weight is 336 g/mol. The van der Waals surface area contributed by atoms with Crippen LogP contribution in [-0.4, -0.2) is 25.4 Å². The number of rotatable bonds is 7. The number of hydrogen-bond donors (Lipinski definition) is 2. The molecule has 0 heterocycles. The van der Waals surface area contributed by atoms with Crippen LogP contribution < -0.4 is 10.5 Å².